The highest BCUT2D eigenvalue weighted by Crippen LogP contribution is 2.08. The van der Waals surface area contributed by atoms with Crippen LogP contribution in [0.4, 0.5) is 0 Å². The Labute approximate surface area is 142 Å². The number of benzene rings is 2. The first-order valence-electron chi connectivity index (χ1n) is 8.12. The molecule has 0 aliphatic heterocycles. The van der Waals surface area contributed by atoms with Crippen molar-refractivity contribution in [2.75, 3.05) is 0 Å². The maximum Gasteiger partial charge on any atom is 0.417 e. The fraction of sp³-hybridized carbons (Fsp3) is 0.300. The fourth-order valence-electron chi connectivity index (χ4n) is 2.16. The molecular formula is C20H22O4. The van der Waals surface area contributed by atoms with Gasteiger partial charge in [-0.25, -0.2) is 9.59 Å². The maximum atomic E-state index is 11.7. The van der Waals surface area contributed by atoms with Crippen molar-refractivity contribution in [2.45, 2.75) is 39.9 Å². The zero-order chi connectivity index (χ0) is 17.4. The zero-order valence-electron chi connectivity index (χ0n) is 14.1. The lowest BCUT2D eigenvalue weighted by Crippen LogP contribution is -2.20. The van der Waals surface area contributed by atoms with E-state index in [0.717, 1.165) is 24.0 Å². The van der Waals surface area contributed by atoms with Gasteiger partial charge in [-0.05, 0) is 35.1 Å². The highest BCUT2D eigenvalue weighted by molar-refractivity contribution is 6.29. The van der Waals surface area contributed by atoms with E-state index in [2.05, 4.69) is 13.8 Å². The second-order valence-corrected chi connectivity index (χ2v) is 5.49. The van der Waals surface area contributed by atoms with Gasteiger partial charge in [0.1, 0.15) is 13.2 Å². The summed E-state index contributed by atoms with van der Waals surface area (Å²) in [5, 5.41) is 0. The summed E-state index contributed by atoms with van der Waals surface area (Å²) < 4.78 is 9.95. The van der Waals surface area contributed by atoms with Crippen molar-refractivity contribution < 1.29 is 19.1 Å². The maximum absolute atomic E-state index is 11.7. The second kappa shape index (κ2) is 8.87. The van der Waals surface area contributed by atoms with E-state index in [1.807, 2.05) is 48.5 Å². The van der Waals surface area contributed by atoms with Gasteiger partial charge in [0, 0.05) is 0 Å². The van der Waals surface area contributed by atoms with Crippen molar-refractivity contribution in [1.29, 1.82) is 0 Å². The largest absolute Gasteiger partial charge is 0.452 e. The van der Waals surface area contributed by atoms with Crippen LogP contribution in [0.1, 0.15) is 36.1 Å². The number of rotatable bonds is 6. The van der Waals surface area contributed by atoms with E-state index in [4.69, 9.17) is 9.47 Å². The summed E-state index contributed by atoms with van der Waals surface area (Å²) in [4.78, 5) is 23.3. The van der Waals surface area contributed by atoms with E-state index in [-0.39, 0.29) is 13.2 Å². The molecule has 0 radical (unpaired) electrons. The quantitative estimate of drug-likeness (QED) is 0.601. The number of esters is 2. The Morgan fingerprint density at radius 2 is 0.917 bits per heavy atom. The average molecular weight is 326 g/mol. The molecule has 0 spiro atoms. The predicted octanol–water partition coefficient (Wildman–Crippen LogP) is 3.60. The Morgan fingerprint density at radius 1 is 0.625 bits per heavy atom. The van der Waals surface area contributed by atoms with Gasteiger partial charge >= 0.3 is 11.9 Å². The van der Waals surface area contributed by atoms with Crippen LogP contribution >= 0.6 is 0 Å². The molecule has 0 fully saturated rings. The Balaban J connectivity index is 1.77. The van der Waals surface area contributed by atoms with Crippen LogP contribution in [0.5, 0.6) is 0 Å². The van der Waals surface area contributed by atoms with Crippen LogP contribution in [-0.2, 0) is 45.1 Å². The molecule has 0 saturated heterocycles. The van der Waals surface area contributed by atoms with Crippen molar-refractivity contribution in [2.24, 2.45) is 0 Å². The summed E-state index contributed by atoms with van der Waals surface area (Å²) in [6.07, 6.45) is 1.90. The molecule has 0 amide bonds. The number of ether oxygens (including phenoxy) is 2. The Morgan fingerprint density at radius 3 is 1.21 bits per heavy atom. The van der Waals surface area contributed by atoms with Gasteiger partial charge in [-0.15, -0.1) is 0 Å². The van der Waals surface area contributed by atoms with Gasteiger partial charge < -0.3 is 9.47 Å². The van der Waals surface area contributed by atoms with E-state index >= 15 is 0 Å². The van der Waals surface area contributed by atoms with Gasteiger partial charge in [0.15, 0.2) is 0 Å². The van der Waals surface area contributed by atoms with Gasteiger partial charge in [0.2, 0.25) is 0 Å². The van der Waals surface area contributed by atoms with Crippen LogP contribution in [0.25, 0.3) is 0 Å². The van der Waals surface area contributed by atoms with Crippen LogP contribution in [0.3, 0.4) is 0 Å². The molecule has 0 unspecified atom stereocenters. The Hall–Kier alpha value is -2.62. The molecule has 2 rings (SSSR count). The van der Waals surface area contributed by atoms with Crippen molar-refractivity contribution in [3.05, 3.63) is 70.8 Å². The molecule has 0 heterocycles. The SMILES string of the molecule is CCc1ccc(COC(=O)C(=O)OCc2ccc(CC)cc2)cc1. The van der Waals surface area contributed by atoms with Crippen LogP contribution in [0.2, 0.25) is 0 Å². The topological polar surface area (TPSA) is 52.6 Å². The number of hydrogen-bond donors (Lipinski definition) is 0. The van der Waals surface area contributed by atoms with E-state index in [1.54, 1.807) is 0 Å². The highest BCUT2D eigenvalue weighted by atomic mass is 16.6. The van der Waals surface area contributed by atoms with E-state index < -0.39 is 11.9 Å². The average Bonchev–Trinajstić information content (AvgIpc) is 2.64. The molecule has 0 atom stereocenters. The van der Waals surface area contributed by atoms with Gasteiger partial charge in [0.05, 0.1) is 0 Å². The Kier molecular flexibility index (Phi) is 6.55. The summed E-state index contributed by atoms with van der Waals surface area (Å²) in [6.45, 7) is 4.26. The van der Waals surface area contributed by atoms with Crippen molar-refractivity contribution >= 4 is 11.9 Å². The fourth-order valence-corrected chi connectivity index (χ4v) is 2.16. The second-order valence-electron chi connectivity index (χ2n) is 5.49. The third kappa shape index (κ3) is 5.23. The van der Waals surface area contributed by atoms with Gasteiger partial charge in [-0.1, -0.05) is 62.4 Å². The van der Waals surface area contributed by atoms with E-state index in [1.165, 1.54) is 11.1 Å². The lowest BCUT2D eigenvalue weighted by Gasteiger charge is -2.07. The normalized spacial score (nSPS) is 10.2. The molecule has 2 aromatic carbocycles. The standard InChI is InChI=1S/C20H22O4/c1-3-15-5-9-17(10-6-15)13-23-19(21)20(22)24-14-18-11-7-16(4-2)8-12-18/h5-12H,3-4,13-14H2,1-2H3. The third-order valence-electron chi connectivity index (χ3n) is 3.77. The summed E-state index contributed by atoms with van der Waals surface area (Å²) in [5.74, 6) is -1.94. The smallest absolute Gasteiger partial charge is 0.417 e. The van der Waals surface area contributed by atoms with Gasteiger partial charge in [0.25, 0.3) is 0 Å². The highest BCUT2D eigenvalue weighted by Gasteiger charge is 2.17. The molecule has 126 valence electrons. The first-order chi connectivity index (χ1) is 11.6. The molecule has 0 N–H and O–H groups in total. The molecule has 0 bridgehead atoms. The molecule has 2 aromatic rings. The molecule has 0 aromatic heterocycles. The van der Waals surface area contributed by atoms with Crippen molar-refractivity contribution in [3.63, 3.8) is 0 Å². The third-order valence-corrected chi connectivity index (χ3v) is 3.77. The Bertz CT molecular complexity index is 610. The van der Waals surface area contributed by atoms with Crippen molar-refractivity contribution in [1.82, 2.24) is 0 Å². The molecule has 4 nitrogen and oxygen atoms in total. The minimum atomic E-state index is -0.972. The molecule has 24 heavy (non-hydrogen) atoms. The lowest BCUT2D eigenvalue weighted by molar-refractivity contribution is -0.169. The monoisotopic (exact) mass is 326 g/mol. The van der Waals surface area contributed by atoms with Crippen LogP contribution in [-0.4, -0.2) is 11.9 Å². The summed E-state index contributed by atoms with van der Waals surface area (Å²) in [6, 6.07) is 15.4. The lowest BCUT2D eigenvalue weighted by atomic mass is 10.1. The molecule has 0 aliphatic rings. The first kappa shape index (κ1) is 17.7. The van der Waals surface area contributed by atoms with E-state index in [0.29, 0.717) is 0 Å². The number of carbonyl (C=O) groups excluding carboxylic acids is 2. The molecule has 0 aliphatic carbocycles. The summed E-state index contributed by atoms with van der Waals surface area (Å²) in [5.41, 5.74) is 4.09. The molecule has 4 heteroatoms. The van der Waals surface area contributed by atoms with Gasteiger partial charge in [-0.3, -0.25) is 0 Å². The number of hydrogen-bond acceptors (Lipinski definition) is 4. The number of carbonyl (C=O) groups is 2. The summed E-state index contributed by atoms with van der Waals surface area (Å²) >= 11 is 0. The molecule has 0 saturated carbocycles. The van der Waals surface area contributed by atoms with Crippen LogP contribution < -0.4 is 0 Å². The predicted molar refractivity (Wildman–Crippen MR) is 91.2 cm³/mol. The summed E-state index contributed by atoms with van der Waals surface area (Å²) in [7, 11) is 0. The van der Waals surface area contributed by atoms with Crippen LogP contribution in [0.15, 0.2) is 48.5 Å². The zero-order valence-corrected chi connectivity index (χ0v) is 14.1. The van der Waals surface area contributed by atoms with Crippen LogP contribution in [0, 0.1) is 0 Å². The minimum absolute atomic E-state index is 0.0587. The number of aryl methyl sites for hydroxylation is 2. The first-order valence-corrected chi connectivity index (χ1v) is 8.12. The minimum Gasteiger partial charge on any atom is -0.452 e. The van der Waals surface area contributed by atoms with Gasteiger partial charge in [-0.2, -0.15) is 0 Å². The van der Waals surface area contributed by atoms with Crippen molar-refractivity contribution in [3.8, 4) is 0 Å². The van der Waals surface area contributed by atoms with E-state index in [9.17, 15) is 9.59 Å². The molecular weight excluding hydrogens is 304 g/mol.